The molecule has 0 aliphatic heterocycles. The number of anilines is 1. The zero-order chi connectivity index (χ0) is 23.8. The van der Waals surface area contributed by atoms with Crippen molar-refractivity contribution in [3.63, 3.8) is 0 Å². The number of rotatable bonds is 6. The maximum absolute atomic E-state index is 12.8. The van der Waals surface area contributed by atoms with E-state index in [-0.39, 0.29) is 24.4 Å². The molecule has 0 spiro atoms. The smallest absolute Gasteiger partial charge is 0.366 e. The quantitative estimate of drug-likeness (QED) is 0.459. The number of nitrogens with zero attached hydrogens (tertiary/aromatic N) is 5. The van der Waals surface area contributed by atoms with Crippen molar-refractivity contribution in [2.45, 2.75) is 39.0 Å². The lowest BCUT2D eigenvalue weighted by Gasteiger charge is -2.12. The van der Waals surface area contributed by atoms with E-state index >= 15 is 0 Å². The lowest BCUT2D eigenvalue weighted by Crippen LogP contribution is -2.32. The molecule has 3 heterocycles. The van der Waals surface area contributed by atoms with Crippen molar-refractivity contribution >= 4 is 17.5 Å². The molecule has 1 atom stereocenters. The summed E-state index contributed by atoms with van der Waals surface area (Å²) in [6.07, 6.45) is 1.45. The molecule has 11 heteroatoms. The molecule has 0 aliphatic carbocycles. The van der Waals surface area contributed by atoms with E-state index in [1.165, 1.54) is 16.6 Å². The minimum Gasteiger partial charge on any atom is -0.366 e. The summed E-state index contributed by atoms with van der Waals surface area (Å²) < 4.78 is 41.3. The number of carbonyl (C=O) groups is 1. The van der Waals surface area contributed by atoms with Crippen molar-refractivity contribution in [3.8, 4) is 11.1 Å². The van der Waals surface area contributed by atoms with Crippen LogP contribution in [0, 0.1) is 0 Å². The van der Waals surface area contributed by atoms with Gasteiger partial charge < -0.3 is 11.1 Å². The van der Waals surface area contributed by atoms with E-state index in [0.29, 0.717) is 27.9 Å². The van der Waals surface area contributed by atoms with Crippen LogP contribution in [0.3, 0.4) is 0 Å². The minimum absolute atomic E-state index is 0.0204. The van der Waals surface area contributed by atoms with E-state index in [1.807, 2.05) is 13.8 Å². The van der Waals surface area contributed by atoms with Crippen LogP contribution in [0.1, 0.15) is 41.8 Å². The lowest BCUT2D eigenvalue weighted by molar-refractivity contribution is -0.137. The van der Waals surface area contributed by atoms with Gasteiger partial charge >= 0.3 is 6.18 Å². The van der Waals surface area contributed by atoms with E-state index in [4.69, 9.17) is 5.73 Å². The Hall–Kier alpha value is -3.89. The van der Waals surface area contributed by atoms with Gasteiger partial charge in [-0.15, -0.1) is 5.10 Å². The van der Waals surface area contributed by atoms with Gasteiger partial charge in [-0.2, -0.15) is 23.3 Å². The molecule has 4 aromatic rings. The molecule has 8 nitrogen and oxygen atoms in total. The highest BCUT2D eigenvalue weighted by Crippen LogP contribution is 2.29. The Bertz CT molecular complexity index is 1290. The summed E-state index contributed by atoms with van der Waals surface area (Å²) in [5.41, 5.74) is 7.75. The number of benzene rings is 1. The van der Waals surface area contributed by atoms with Crippen LogP contribution in [0.4, 0.5) is 19.1 Å². The number of nitrogens with one attached hydrogen (secondary N) is 1. The number of hydrogen-bond acceptors (Lipinski definition) is 5. The van der Waals surface area contributed by atoms with E-state index in [0.717, 1.165) is 18.6 Å². The summed E-state index contributed by atoms with van der Waals surface area (Å²) in [4.78, 5) is 17.0. The molecule has 172 valence electrons. The molecule has 1 amide bonds. The largest absolute Gasteiger partial charge is 0.416 e. The highest BCUT2D eigenvalue weighted by Gasteiger charge is 2.29. The highest BCUT2D eigenvalue weighted by molar-refractivity contribution is 6.01. The molecule has 0 saturated heterocycles. The van der Waals surface area contributed by atoms with E-state index < -0.39 is 11.7 Å². The number of aromatic nitrogens is 5. The first-order valence-corrected chi connectivity index (χ1v) is 10.3. The minimum atomic E-state index is -4.38. The molecule has 0 unspecified atom stereocenters. The van der Waals surface area contributed by atoms with Crippen molar-refractivity contribution in [2.75, 3.05) is 5.73 Å². The van der Waals surface area contributed by atoms with E-state index in [2.05, 4.69) is 20.5 Å². The van der Waals surface area contributed by atoms with E-state index in [1.54, 1.807) is 29.3 Å². The Labute approximate surface area is 187 Å². The molecule has 3 aromatic heterocycles. The van der Waals surface area contributed by atoms with Crippen molar-refractivity contribution in [1.29, 1.82) is 0 Å². The number of pyridine rings is 1. The van der Waals surface area contributed by atoms with Crippen LogP contribution >= 0.6 is 0 Å². The molecule has 33 heavy (non-hydrogen) atoms. The molecule has 0 fully saturated rings. The molecule has 0 radical (unpaired) electrons. The fraction of sp³-hybridized carbons (Fsp3) is 0.273. The number of halogens is 3. The maximum Gasteiger partial charge on any atom is 0.416 e. The molecule has 1 aromatic carbocycles. The van der Waals surface area contributed by atoms with Crippen LogP contribution in [-0.2, 0) is 12.7 Å². The lowest BCUT2D eigenvalue weighted by atomic mass is 10.1. The zero-order valence-corrected chi connectivity index (χ0v) is 18.0. The number of nitrogens with two attached hydrogens (primary N) is 1. The molecule has 4 rings (SSSR count). The number of carbonyl (C=O) groups excluding carboxylic acids is 1. The topological polar surface area (TPSA) is 103 Å². The number of hydrogen-bond donors (Lipinski definition) is 2. The average molecular weight is 457 g/mol. The molecule has 0 bridgehead atoms. The molecule has 0 saturated carbocycles. The van der Waals surface area contributed by atoms with Gasteiger partial charge in [0.15, 0.2) is 5.65 Å². The summed E-state index contributed by atoms with van der Waals surface area (Å²) in [6.45, 7) is 4.16. The zero-order valence-electron chi connectivity index (χ0n) is 18.0. The van der Waals surface area contributed by atoms with Gasteiger partial charge in [-0.3, -0.25) is 9.48 Å². The first-order valence-electron chi connectivity index (χ1n) is 10.3. The van der Waals surface area contributed by atoms with Gasteiger partial charge in [0.25, 0.3) is 5.91 Å². The van der Waals surface area contributed by atoms with E-state index in [9.17, 15) is 18.0 Å². The Balaban J connectivity index is 1.62. The summed E-state index contributed by atoms with van der Waals surface area (Å²) in [5.74, 6) is -0.247. The number of fused-ring (bicyclic) bond motifs is 1. The molecular weight excluding hydrogens is 435 g/mol. The fourth-order valence-corrected chi connectivity index (χ4v) is 3.32. The van der Waals surface area contributed by atoms with Crippen molar-refractivity contribution in [3.05, 3.63) is 65.6 Å². The second-order valence-corrected chi connectivity index (χ2v) is 7.78. The third kappa shape index (κ3) is 4.81. The van der Waals surface area contributed by atoms with Gasteiger partial charge in [-0.25, -0.2) is 4.52 Å². The monoisotopic (exact) mass is 457 g/mol. The van der Waals surface area contributed by atoms with Crippen molar-refractivity contribution in [2.24, 2.45) is 0 Å². The van der Waals surface area contributed by atoms with Gasteiger partial charge in [0, 0.05) is 29.6 Å². The van der Waals surface area contributed by atoms with Gasteiger partial charge in [-0.1, -0.05) is 19.1 Å². The summed E-state index contributed by atoms with van der Waals surface area (Å²) in [6, 6.07) is 6.61. The predicted molar refractivity (Wildman–Crippen MR) is 116 cm³/mol. The van der Waals surface area contributed by atoms with Crippen LogP contribution in [0.25, 0.3) is 16.8 Å². The first kappa shape index (κ1) is 22.3. The Kier molecular flexibility index (Phi) is 5.79. The van der Waals surface area contributed by atoms with Crippen LogP contribution in [0.5, 0.6) is 0 Å². The molecule has 3 N–H and O–H groups in total. The Morgan fingerprint density at radius 2 is 1.91 bits per heavy atom. The molecular formula is C22H22F3N7O. The summed E-state index contributed by atoms with van der Waals surface area (Å²) in [7, 11) is 0. The van der Waals surface area contributed by atoms with Crippen LogP contribution in [0.2, 0.25) is 0 Å². The van der Waals surface area contributed by atoms with Gasteiger partial charge in [0.05, 0.1) is 23.9 Å². The van der Waals surface area contributed by atoms with Gasteiger partial charge in [0.2, 0.25) is 5.95 Å². The summed E-state index contributed by atoms with van der Waals surface area (Å²) in [5, 5.41) is 11.4. The van der Waals surface area contributed by atoms with Crippen molar-refractivity contribution < 1.29 is 18.0 Å². The maximum atomic E-state index is 12.8. The highest BCUT2D eigenvalue weighted by atomic mass is 19.4. The Morgan fingerprint density at radius 3 is 2.58 bits per heavy atom. The first-order chi connectivity index (χ1) is 15.6. The summed E-state index contributed by atoms with van der Waals surface area (Å²) >= 11 is 0. The van der Waals surface area contributed by atoms with Gasteiger partial charge in [0.1, 0.15) is 0 Å². The number of nitrogen functional groups attached to an aromatic ring is 1. The second kappa shape index (κ2) is 8.57. The third-order valence-electron chi connectivity index (χ3n) is 5.28. The third-order valence-corrected chi connectivity index (χ3v) is 5.28. The SMILES string of the molecule is CC[C@H](C)NC(=O)c1cc(-c2cnn(Cc3ccc(C(F)(F)F)cc3)c2)cn2nc(N)nc12. The predicted octanol–water partition coefficient (Wildman–Crippen LogP) is 3.77. The number of amides is 1. The number of alkyl halides is 3. The van der Waals surface area contributed by atoms with Crippen molar-refractivity contribution in [1.82, 2.24) is 29.7 Å². The second-order valence-electron chi connectivity index (χ2n) is 7.78. The Morgan fingerprint density at radius 1 is 1.18 bits per heavy atom. The van der Waals surface area contributed by atoms with Crippen LogP contribution in [0.15, 0.2) is 48.9 Å². The molecule has 0 aliphatic rings. The average Bonchev–Trinajstić information content (AvgIpc) is 3.38. The van der Waals surface area contributed by atoms with Crippen LogP contribution in [-0.4, -0.2) is 36.3 Å². The normalized spacial score (nSPS) is 12.8. The standard InChI is InChI=1S/C22H22F3N7O/c1-3-13(2)28-20(33)18-8-15(12-32-19(18)29-21(26)30-32)16-9-27-31(11-16)10-14-4-6-17(7-5-14)22(23,24)25/h4-9,11-13H,3,10H2,1-2H3,(H2,26,30)(H,28,33)/t13-/m0/s1. The fourth-order valence-electron chi connectivity index (χ4n) is 3.32. The van der Waals surface area contributed by atoms with Crippen LogP contribution < -0.4 is 11.1 Å². The van der Waals surface area contributed by atoms with Gasteiger partial charge in [-0.05, 0) is 37.1 Å².